The number of amides is 5. The van der Waals surface area contributed by atoms with E-state index in [0.717, 1.165) is 23.7 Å². The Labute approximate surface area is 202 Å². The molecule has 10 heteroatoms. The van der Waals surface area contributed by atoms with Crippen molar-refractivity contribution in [3.8, 4) is 0 Å². The molecule has 2 aliphatic heterocycles. The first-order valence-electron chi connectivity index (χ1n) is 11.5. The van der Waals surface area contributed by atoms with Crippen LogP contribution in [0.3, 0.4) is 0 Å². The summed E-state index contributed by atoms with van der Waals surface area (Å²) in [6.07, 6.45) is 0.129. The number of nitrogens with one attached hydrogen (secondary N) is 2. The second kappa shape index (κ2) is 10.1. The Kier molecular flexibility index (Phi) is 6.99. The number of hydrogen-bond donors (Lipinski definition) is 2. The van der Waals surface area contributed by atoms with Gasteiger partial charge in [0.05, 0.1) is 0 Å². The third-order valence-corrected chi connectivity index (χ3v) is 6.41. The van der Waals surface area contributed by atoms with Gasteiger partial charge in [-0.25, -0.2) is 9.18 Å². The summed E-state index contributed by atoms with van der Waals surface area (Å²) in [5.41, 5.74) is 0.157. The van der Waals surface area contributed by atoms with Crippen molar-refractivity contribution in [3.63, 3.8) is 0 Å². The lowest BCUT2D eigenvalue weighted by molar-refractivity contribution is -0.135. The fraction of sp³-hybridized carbons (Fsp3) is 0.360. The van der Waals surface area contributed by atoms with Crippen molar-refractivity contribution in [2.75, 3.05) is 44.2 Å². The molecule has 0 aliphatic carbocycles. The van der Waals surface area contributed by atoms with E-state index in [-0.39, 0.29) is 18.9 Å². The van der Waals surface area contributed by atoms with Crippen molar-refractivity contribution in [1.82, 2.24) is 20.4 Å². The van der Waals surface area contributed by atoms with E-state index in [1.54, 1.807) is 4.90 Å². The van der Waals surface area contributed by atoms with Crippen LogP contribution in [-0.2, 0) is 19.9 Å². The maximum atomic E-state index is 13.2. The maximum absolute atomic E-state index is 13.2. The predicted octanol–water partition coefficient (Wildman–Crippen LogP) is 1.45. The zero-order valence-electron chi connectivity index (χ0n) is 19.5. The van der Waals surface area contributed by atoms with Crippen molar-refractivity contribution in [2.45, 2.75) is 18.9 Å². The molecule has 0 saturated carbocycles. The van der Waals surface area contributed by atoms with E-state index < -0.39 is 35.7 Å². The second-order valence-electron chi connectivity index (χ2n) is 8.76. The van der Waals surface area contributed by atoms with E-state index in [1.165, 1.54) is 31.2 Å². The molecule has 2 N–H and O–H groups in total. The Balaban J connectivity index is 1.22. The lowest BCUT2D eigenvalue weighted by Crippen LogP contribution is -2.49. The van der Waals surface area contributed by atoms with Crippen LogP contribution in [0, 0.1) is 5.82 Å². The van der Waals surface area contributed by atoms with Crippen LogP contribution in [-0.4, -0.2) is 72.8 Å². The van der Waals surface area contributed by atoms with Crippen LogP contribution in [0.25, 0.3) is 0 Å². The van der Waals surface area contributed by atoms with Crippen LogP contribution in [0.5, 0.6) is 0 Å². The fourth-order valence-corrected chi connectivity index (χ4v) is 4.34. The Morgan fingerprint density at radius 3 is 2.31 bits per heavy atom. The molecule has 0 bridgehead atoms. The monoisotopic (exact) mass is 481 g/mol. The highest BCUT2D eigenvalue weighted by Gasteiger charge is 2.49. The average Bonchev–Trinajstić information content (AvgIpc) is 3.08. The quantitative estimate of drug-likeness (QED) is 0.583. The van der Waals surface area contributed by atoms with Crippen LogP contribution >= 0.6 is 0 Å². The molecule has 1 unspecified atom stereocenters. The van der Waals surface area contributed by atoms with Crippen LogP contribution in [0.1, 0.15) is 18.9 Å². The van der Waals surface area contributed by atoms with Gasteiger partial charge in [0.25, 0.3) is 5.91 Å². The summed E-state index contributed by atoms with van der Waals surface area (Å²) in [6.45, 7) is 3.83. The SMILES string of the molecule is CC1(c2ccc(F)cc2)NC(=O)N(CC(=O)NCCC(=O)N2CCN(c3ccccc3)CC2)C1=O. The molecule has 1 atom stereocenters. The van der Waals surface area contributed by atoms with E-state index in [2.05, 4.69) is 15.5 Å². The van der Waals surface area contributed by atoms with Crippen molar-refractivity contribution < 1.29 is 23.6 Å². The number of para-hydroxylation sites is 1. The number of carbonyl (C=O) groups excluding carboxylic acids is 4. The summed E-state index contributed by atoms with van der Waals surface area (Å²) in [4.78, 5) is 55.0. The summed E-state index contributed by atoms with van der Waals surface area (Å²) >= 11 is 0. The molecule has 0 spiro atoms. The fourth-order valence-electron chi connectivity index (χ4n) is 4.34. The van der Waals surface area contributed by atoms with Gasteiger partial charge in [0.15, 0.2) is 0 Å². The molecule has 2 fully saturated rings. The van der Waals surface area contributed by atoms with Crippen LogP contribution < -0.4 is 15.5 Å². The highest BCUT2D eigenvalue weighted by molar-refractivity contribution is 6.09. The molecule has 2 aromatic rings. The Morgan fingerprint density at radius 2 is 1.66 bits per heavy atom. The number of rotatable bonds is 7. The molecule has 4 rings (SSSR count). The molecule has 2 heterocycles. The first-order chi connectivity index (χ1) is 16.8. The number of imide groups is 1. The zero-order chi connectivity index (χ0) is 25.0. The minimum absolute atomic E-state index is 0.0584. The summed E-state index contributed by atoms with van der Waals surface area (Å²) in [5.74, 6) is -1.66. The van der Waals surface area contributed by atoms with Gasteiger partial charge < -0.3 is 20.4 Å². The molecule has 184 valence electrons. The first kappa shape index (κ1) is 24.2. The Morgan fingerprint density at radius 1 is 1.00 bits per heavy atom. The highest BCUT2D eigenvalue weighted by Crippen LogP contribution is 2.28. The third-order valence-electron chi connectivity index (χ3n) is 6.41. The summed E-state index contributed by atoms with van der Waals surface area (Å²) < 4.78 is 13.2. The molecule has 2 saturated heterocycles. The van der Waals surface area contributed by atoms with Gasteiger partial charge in [0.1, 0.15) is 17.9 Å². The highest BCUT2D eigenvalue weighted by atomic mass is 19.1. The summed E-state index contributed by atoms with van der Waals surface area (Å²) in [6, 6.07) is 14.6. The van der Waals surface area contributed by atoms with E-state index in [0.29, 0.717) is 18.7 Å². The van der Waals surface area contributed by atoms with Gasteiger partial charge in [-0.15, -0.1) is 0 Å². The Bertz CT molecular complexity index is 1100. The van der Waals surface area contributed by atoms with E-state index in [1.807, 2.05) is 30.3 Å². The lowest BCUT2D eigenvalue weighted by atomic mass is 9.92. The van der Waals surface area contributed by atoms with Crippen molar-refractivity contribution in [2.24, 2.45) is 0 Å². The third kappa shape index (κ3) is 5.26. The van der Waals surface area contributed by atoms with Crippen molar-refractivity contribution >= 4 is 29.4 Å². The molecule has 35 heavy (non-hydrogen) atoms. The second-order valence-corrected chi connectivity index (χ2v) is 8.76. The number of piperazine rings is 1. The molecular weight excluding hydrogens is 453 g/mol. The standard InChI is InChI=1S/C25H28FN5O4/c1-25(18-7-9-19(26)10-8-18)23(34)31(24(35)28-25)17-21(32)27-12-11-22(33)30-15-13-29(14-16-30)20-5-3-2-4-6-20/h2-10H,11-17H2,1H3,(H,27,32)(H,28,35). The van der Waals surface area contributed by atoms with Crippen LogP contribution in [0.15, 0.2) is 54.6 Å². The predicted molar refractivity (Wildman–Crippen MR) is 127 cm³/mol. The van der Waals surface area contributed by atoms with Crippen molar-refractivity contribution in [1.29, 1.82) is 0 Å². The van der Waals surface area contributed by atoms with Crippen LogP contribution in [0.2, 0.25) is 0 Å². The molecule has 2 aliphatic rings. The maximum Gasteiger partial charge on any atom is 0.325 e. The number of nitrogens with zero attached hydrogens (tertiary/aromatic N) is 3. The normalized spacial score (nSPS) is 20.1. The lowest BCUT2D eigenvalue weighted by Gasteiger charge is -2.36. The van der Waals surface area contributed by atoms with Gasteiger partial charge >= 0.3 is 6.03 Å². The van der Waals surface area contributed by atoms with Gasteiger partial charge in [-0.05, 0) is 36.8 Å². The first-order valence-corrected chi connectivity index (χ1v) is 11.5. The van der Waals surface area contributed by atoms with Crippen LogP contribution in [0.4, 0.5) is 14.9 Å². The average molecular weight is 482 g/mol. The summed E-state index contributed by atoms with van der Waals surface area (Å²) in [5, 5.41) is 5.18. The molecule has 0 aromatic heterocycles. The molecular formula is C25H28FN5O4. The minimum Gasteiger partial charge on any atom is -0.368 e. The summed E-state index contributed by atoms with van der Waals surface area (Å²) in [7, 11) is 0. The minimum atomic E-state index is -1.39. The van der Waals surface area contributed by atoms with E-state index >= 15 is 0 Å². The number of halogens is 1. The topological polar surface area (TPSA) is 102 Å². The van der Waals surface area contributed by atoms with Gasteiger partial charge in [0, 0.05) is 44.8 Å². The number of carbonyl (C=O) groups is 4. The number of benzene rings is 2. The molecule has 0 radical (unpaired) electrons. The molecule has 2 aromatic carbocycles. The number of anilines is 1. The number of hydrogen-bond acceptors (Lipinski definition) is 5. The Hall–Kier alpha value is -3.95. The van der Waals surface area contributed by atoms with Gasteiger partial charge in [-0.2, -0.15) is 0 Å². The number of urea groups is 1. The smallest absolute Gasteiger partial charge is 0.325 e. The van der Waals surface area contributed by atoms with Crippen molar-refractivity contribution in [3.05, 3.63) is 66.0 Å². The van der Waals surface area contributed by atoms with Gasteiger partial charge in [-0.1, -0.05) is 30.3 Å². The van der Waals surface area contributed by atoms with E-state index in [9.17, 15) is 23.6 Å². The molecule has 9 nitrogen and oxygen atoms in total. The molecule has 5 amide bonds. The van der Waals surface area contributed by atoms with Gasteiger partial charge in [0.2, 0.25) is 11.8 Å². The van der Waals surface area contributed by atoms with E-state index in [4.69, 9.17) is 0 Å². The zero-order valence-corrected chi connectivity index (χ0v) is 19.5. The van der Waals surface area contributed by atoms with Gasteiger partial charge in [-0.3, -0.25) is 19.3 Å². The largest absolute Gasteiger partial charge is 0.368 e.